The zero-order valence-corrected chi connectivity index (χ0v) is 13.5. The average Bonchev–Trinajstić information content (AvgIpc) is 3.32. The largest absolute Gasteiger partial charge is 0.493 e. The average molecular weight is 328 g/mol. The summed E-state index contributed by atoms with van der Waals surface area (Å²) in [6.07, 6.45) is 3.67. The van der Waals surface area contributed by atoms with Crippen molar-refractivity contribution in [3.8, 4) is 17.4 Å². The van der Waals surface area contributed by atoms with Crippen LogP contribution in [0.25, 0.3) is 0 Å². The first-order valence-corrected chi connectivity index (χ1v) is 8.16. The Balaban J connectivity index is 1.37. The molecule has 1 amide bonds. The fraction of sp³-hybridized carbons (Fsp3) is 0.389. The summed E-state index contributed by atoms with van der Waals surface area (Å²) < 4.78 is 15.8. The van der Waals surface area contributed by atoms with Gasteiger partial charge in [0.25, 0.3) is 11.9 Å². The highest BCUT2D eigenvalue weighted by Gasteiger charge is 2.40. The van der Waals surface area contributed by atoms with Gasteiger partial charge in [-0.15, -0.1) is 0 Å². The first-order chi connectivity index (χ1) is 11.7. The van der Waals surface area contributed by atoms with E-state index in [0.29, 0.717) is 35.0 Å². The number of hydrogen-bond donors (Lipinski definition) is 2. The molecule has 2 heterocycles. The summed E-state index contributed by atoms with van der Waals surface area (Å²) in [4.78, 5) is 12.4. The molecule has 4 rings (SSSR count). The molecule has 1 aromatic carbocycles. The van der Waals surface area contributed by atoms with Gasteiger partial charge in [0.15, 0.2) is 5.75 Å². The molecule has 2 aliphatic rings. The molecule has 2 fully saturated rings. The Morgan fingerprint density at radius 1 is 1.25 bits per heavy atom. The molecule has 1 saturated heterocycles. The first-order valence-electron chi connectivity index (χ1n) is 8.16. The van der Waals surface area contributed by atoms with Gasteiger partial charge < -0.3 is 24.5 Å². The second kappa shape index (κ2) is 6.20. The van der Waals surface area contributed by atoms with Crippen LogP contribution in [-0.2, 0) is 0 Å². The Hall–Kier alpha value is -2.47. The van der Waals surface area contributed by atoms with Crippen LogP contribution in [0.2, 0.25) is 0 Å². The van der Waals surface area contributed by atoms with Gasteiger partial charge in [0.2, 0.25) is 0 Å². The maximum Gasteiger partial charge on any atom is 0.293 e. The van der Waals surface area contributed by atoms with Crippen LogP contribution in [0.3, 0.4) is 0 Å². The number of fused-ring (bicyclic) bond motifs is 2. The molecular formula is C18H20N2O4. The predicted octanol–water partition coefficient (Wildman–Crippen LogP) is 2.56. The number of methoxy groups -OCH3 is 1. The Morgan fingerprint density at radius 3 is 2.71 bits per heavy atom. The lowest BCUT2D eigenvalue weighted by Crippen LogP contribution is -2.44. The zero-order valence-electron chi connectivity index (χ0n) is 13.5. The summed E-state index contributed by atoms with van der Waals surface area (Å²) >= 11 is 0. The summed E-state index contributed by atoms with van der Waals surface area (Å²) in [5.41, 5.74) is 0.634. The van der Waals surface area contributed by atoms with E-state index in [0.717, 1.165) is 13.0 Å². The first kappa shape index (κ1) is 15.1. The van der Waals surface area contributed by atoms with E-state index in [1.165, 1.54) is 12.7 Å². The van der Waals surface area contributed by atoms with Gasteiger partial charge in [0.05, 0.1) is 13.2 Å². The van der Waals surface area contributed by atoms with Crippen molar-refractivity contribution in [2.75, 3.05) is 13.7 Å². The van der Waals surface area contributed by atoms with Crippen molar-refractivity contribution < 1.29 is 18.7 Å². The van der Waals surface area contributed by atoms with Crippen molar-refractivity contribution in [1.29, 1.82) is 0 Å². The minimum Gasteiger partial charge on any atom is -0.493 e. The van der Waals surface area contributed by atoms with E-state index < -0.39 is 0 Å². The number of carbonyl (C=O) groups is 1. The number of benzene rings is 1. The van der Waals surface area contributed by atoms with Crippen LogP contribution in [0.15, 0.2) is 41.0 Å². The minimum absolute atomic E-state index is 0.0289. The van der Waals surface area contributed by atoms with E-state index in [-0.39, 0.29) is 11.9 Å². The predicted molar refractivity (Wildman–Crippen MR) is 87.5 cm³/mol. The number of furan rings is 1. The van der Waals surface area contributed by atoms with E-state index in [9.17, 15) is 4.79 Å². The molecule has 2 bridgehead atoms. The van der Waals surface area contributed by atoms with E-state index in [1.54, 1.807) is 37.4 Å². The van der Waals surface area contributed by atoms with E-state index >= 15 is 0 Å². The number of amides is 1. The molecule has 6 nitrogen and oxygen atoms in total. The molecule has 2 aromatic rings. The Kier molecular flexibility index (Phi) is 3.90. The minimum atomic E-state index is -0.0289. The Morgan fingerprint density at radius 2 is 2.08 bits per heavy atom. The monoisotopic (exact) mass is 328 g/mol. The summed E-state index contributed by atoms with van der Waals surface area (Å²) in [6, 6.07) is 9.55. The normalized spacial score (nSPS) is 24.8. The van der Waals surface area contributed by atoms with Gasteiger partial charge in [-0.3, -0.25) is 4.79 Å². The molecule has 0 spiro atoms. The van der Waals surface area contributed by atoms with Crippen LogP contribution in [0, 0.1) is 5.92 Å². The third-order valence-corrected chi connectivity index (χ3v) is 4.80. The van der Waals surface area contributed by atoms with Gasteiger partial charge in [0, 0.05) is 24.2 Å². The number of carbonyl (C=O) groups excluding carboxylic acids is 1. The number of piperidine rings is 1. The summed E-state index contributed by atoms with van der Waals surface area (Å²) in [5, 5.41) is 6.60. The standard InChI is InChI=1S/C18H20N2O4/c1-22-15-8-17(23-10-15)24-14-4-2-11(3-5-14)18(21)20-16-7-13-6-12(16)9-19-13/h2-5,8,10,12-13,16,19H,6-7,9H2,1H3,(H,20,21). The molecule has 6 heteroatoms. The van der Waals surface area contributed by atoms with Gasteiger partial charge in [-0.1, -0.05) is 0 Å². The fourth-order valence-corrected chi connectivity index (χ4v) is 3.52. The molecule has 1 aliphatic heterocycles. The molecule has 126 valence electrons. The molecule has 1 aromatic heterocycles. The Labute approximate surface area is 140 Å². The molecule has 3 atom stereocenters. The summed E-state index contributed by atoms with van der Waals surface area (Å²) in [6.45, 7) is 1.01. The van der Waals surface area contributed by atoms with Gasteiger partial charge in [-0.2, -0.15) is 0 Å². The van der Waals surface area contributed by atoms with E-state index in [1.807, 2.05) is 0 Å². The lowest BCUT2D eigenvalue weighted by Gasteiger charge is -2.23. The van der Waals surface area contributed by atoms with Gasteiger partial charge in [0.1, 0.15) is 12.0 Å². The highest BCUT2D eigenvalue weighted by atomic mass is 16.6. The number of nitrogens with one attached hydrogen (secondary N) is 2. The van der Waals surface area contributed by atoms with E-state index in [2.05, 4.69) is 10.6 Å². The second-order valence-electron chi connectivity index (χ2n) is 6.35. The number of hydrogen-bond acceptors (Lipinski definition) is 5. The fourth-order valence-electron chi connectivity index (χ4n) is 3.52. The van der Waals surface area contributed by atoms with Crippen molar-refractivity contribution in [2.45, 2.75) is 24.9 Å². The quantitative estimate of drug-likeness (QED) is 0.882. The van der Waals surface area contributed by atoms with Crippen molar-refractivity contribution in [3.05, 3.63) is 42.2 Å². The zero-order chi connectivity index (χ0) is 16.5. The topological polar surface area (TPSA) is 72.7 Å². The van der Waals surface area contributed by atoms with Gasteiger partial charge >= 0.3 is 0 Å². The molecule has 1 aliphatic carbocycles. The number of ether oxygens (including phenoxy) is 2. The van der Waals surface area contributed by atoms with Crippen LogP contribution in [0.4, 0.5) is 0 Å². The van der Waals surface area contributed by atoms with Crippen molar-refractivity contribution in [1.82, 2.24) is 10.6 Å². The molecule has 2 N–H and O–H groups in total. The van der Waals surface area contributed by atoms with Gasteiger partial charge in [-0.05, 0) is 43.0 Å². The third-order valence-electron chi connectivity index (χ3n) is 4.80. The lowest BCUT2D eigenvalue weighted by molar-refractivity contribution is 0.0925. The van der Waals surface area contributed by atoms with Crippen LogP contribution in [-0.4, -0.2) is 31.6 Å². The maximum atomic E-state index is 12.4. The number of rotatable bonds is 5. The highest BCUT2D eigenvalue weighted by Crippen LogP contribution is 2.31. The Bertz CT molecular complexity index is 725. The van der Waals surface area contributed by atoms with Gasteiger partial charge in [-0.25, -0.2) is 0 Å². The smallest absolute Gasteiger partial charge is 0.293 e. The summed E-state index contributed by atoms with van der Waals surface area (Å²) in [7, 11) is 1.56. The maximum absolute atomic E-state index is 12.4. The van der Waals surface area contributed by atoms with Crippen molar-refractivity contribution >= 4 is 5.91 Å². The van der Waals surface area contributed by atoms with Crippen LogP contribution in [0.1, 0.15) is 23.2 Å². The SMILES string of the molecule is COc1coc(Oc2ccc(C(=O)NC3CC4CC3CN4)cc2)c1. The van der Waals surface area contributed by atoms with Crippen molar-refractivity contribution in [3.63, 3.8) is 0 Å². The third kappa shape index (κ3) is 2.97. The molecule has 3 unspecified atom stereocenters. The van der Waals surface area contributed by atoms with E-state index in [4.69, 9.17) is 13.9 Å². The van der Waals surface area contributed by atoms with Crippen LogP contribution >= 0.6 is 0 Å². The van der Waals surface area contributed by atoms with Crippen LogP contribution in [0.5, 0.6) is 17.4 Å². The summed E-state index contributed by atoms with van der Waals surface area (Å²) in [5.74, 6) is 2.09. The second-order valence-corrected chi connectivity index (χ2v) is 6.35. The van der Waals surface area contributed by atoms with Crippen molar-refractivity contribution in [2.24, 2.45) is 5.92 Å². The lowest BCUT2D eigenvalue weighted by atomic mass is 10.0. The van der Waals surface area contributed by atoms with Crippen LogP contribution < -0.4 is 20.1 Å². The molecule has 24 heavy (non-hydrogen) atoms. The highest BCUT2D eigenvalue weighted by molar-refractivity contribution is 5.94. The molecule has 0 radical (unpaired) electrons. The molecular weight excluding hydrogens is 308 g/mol. The molecule has 1 saturated carbocycles.